The monoisotopic (exact) mass is 1490 g/mol. The second-order valence-electron chi connectivity index (χ2n) is 18.5. The number of carboxylic acids is 1. The maximum absolute atomic E-state index is 13.6. The molecule has 25 atom stereocenters. The minimum Gasteiger partial charge on any atom is -0.479 e. The highest BCUT2D eigenvalue weighted by atomic mass is 32.3. The summed E-state index contributed by atoms with van der Waals surface area (Å²) in [6.07, 6.45) is -65.1. The van der Waals surface area contributed by atoms with Crippen molar-refractivity contribution in [1.82, 2.24) is 14.2 Å². The molecule has 0 unspecified atom stereocenters. The van der Waals surface area contributed by atoms with Gasteiger partial charge in [-0.1, -0.05) is 0 Å². The molecule has 0 saturated carbocycles. The molecule has 0 bridgehead atoms. The first kappa shape index (κ1) is 78.0. The Labute approximate surface area is 502 Å². The Hall–Kier alpha value is -2.74. The van der Waals surface area contributed by atoms with Gasteiger partial charge < -0.3 is 92.8 Å². The number of hydrogen-bond donors (Lipinski definition) is 20. The second kappa shape index (κ2) is 29.3. The summed E-state index contributed by atoms with van der Waals surface area (Å²) in [6, 6.07) is -8.44. The highest BCUT2D eigenvalue weighted by Gasteiger charge is 2.61. The molecule has 0 radical (unpaired) electrons. The van der Waals surface area contributed by atoms with Gasteiger partial charge in [-0.05, 0) is 0 Å². The first-order valence-corrected chi connectivity index (χ1v) is 34.3. The van der Waals surface area contributed by atoms with Gasteiger partial charge in [0.05, 0.1) is 19.8 Å². The van der Waals surface area contributed by atoms with Crippen molar-refractivity contribution < 1.29 is 223 Å². The third-order valence-corrected chi connectivity index (χ3v) is 16.1. The summed E-state index contributed by atoms with van der Waals surface area (Å²) >= 11 is 0. The van der Waals surface area contributed by atoms with Crippen LogP contribution in [0, 0.1) is 0 Å². The Bertz CT molecular complexity index is 3470. The van der Waals surface area contributed by atoms with Gasteiger partial charge in [-0.3, -0.25) is 36.4 Å². The molecule has 5 fully saturated rings. The van der Waals surface area contributed by atoms with Gasteiger partial charge in [0.2, 0.25) is 0 Å². The van der Waals surface area contributed by atoms with Crippen molar-refractivity contribution >= 4 is 94.8 Å². The topological polar surface area (TPSA) is 816 Å². The molecule has 90 heavy (non-hydrogen) atoms. The number of carbonyl (C=O) groups excluding carboxylic acids is 1. The number of aliphatic carboxylic acids is 1. The predicted molar refractivity (Wildman–Crippen MR) is 257 cm³/mol. The van der Waals surface area contributed by atoms with Crippen LogP contribution in [0.3, 0.4) is 0 Å². The van der Waals surface area contributed by atoms with E-state index >= 15 is 0 Å². The molecular formula is C30H51N3O49S8. The van der Waals surface area contributed by atoms with E-state index < -0.39 is 268 Å². The number of carbonyl (C=O) groups is 2. The number of ether oxygens (including phenoxy) is 9. The normalized spacial score (nSPS) is 38.9. The molecule has 5 saturated heterocycles. The summed E-state index contributed by atoms with van der Waals surface area (Å²) in [7, 11) is -47.5. The average Bonchev–Trinajstić information content (AvgIpc) is 0.788. The predicted octanol–water partition coefficient (Wildman–Crippen LogP) is -15.0. The van der Waals surface area contributed by atoms with Gasteiger partial charge in [-0.25, -0.2) is 26.3 Å². The van der Waals surface area contributed by atoms with E-state index in [9.17, 15) is 155 Å². The van der Waals surface area contributed by atoms with E-state index in [2.05, 4.69) is 20.9 Å². The van der Waals surface area contributed by atoms with Gasteiger partial charge in [0, 0.05) is 0 Å². The minimum atomic E-state index is -6.41. The Kier molecular flexibility index (Phi) is 25.4. The number of aliphatic hydroxyl groups is 8. The molecule has 0 amide bonds. The molecule has 5 aliphatic heterocycles. The van der Waals surface area contributed by atoms with E-state index in [4.69, 9.17) is 47.2 Å². The molecule has 0 aromatic rings. The summed E-state index contributed by atoms with van der Waals surface area (Å²) in [6.45, 7) is -5.03. The van der Waals surface area contributed by atoms with Crippen LogP contribution in [0.15, 0.2) is 0 Å². The van der Waals surface area contributed by atoms with Crippen LogP contribution in [0.2, 0.25) is 0 Å². The molecule has 5 aliphatic rings. The summed E-state index contributed by atoms with van der Waals surface area (Å²) in [4.78, 5) is 26.4. The third kappa shape index (κ3) is 22.2. The van der Waals surface area contributed by atoms with Crippen LogP contribution in [0.5, 0.6) is 0 Å². The second-order valence-corrected chi connectivity index (χ2v) is 27.3. The van der Waals surface area contributed by atoms with E-state index in [1.54, 1.807) is 0 Å². The van der Waals surface area contributed by atoms with Gasteiger partial charge in [0.1, 0.15) is 104 Å². The van der Waals surface area contributed by atoms with Crippen LogP contribution in [0.25, 0.3) is 0 Å². The van der Waals surface area contributed by atoms with Crippen molar-refractivity contribution in [2.24, 2.45) is 0 Å². The van der Waals surface area contributed by atoms with Gasteiger partial charge in [0.25, 0.3) is 0 Å². The van der Waals surface area contributed by atoms with Crippen molar-refractivity contribution in [3.8, 4) is 0 Å². The highest BCUT2D eigenvalue weighted by molar-refractivity contribution is 7.84. The van der Waals surface area contributed by atoms with Crippen LogP contribution in [0.1, 0.15) is 0 Å². The fourth-order valence-corrected chi connectivity index (χ4v) is 12.5. The van der Waals surface area contributed by atoms with Crippen LogP contribution >= 0.6 is 0 Å². The van der Waals surface area contributed by atoms with Crippen LogP contribution in [-0.4, -0.2) is 335 Å². The number of hydrogen-bond acceptors (Lipinski definition) is 40. The lowest BCUT2D eigenvalue weighted by molar-refractivity contribution is -0.372. The molecule has 5 heterocycles. The molecule has 0 aromatic carbocycles. The molecule has 0 spiro atoms. The summed E-state index contributed by atoms with van der Waals surface area (Å²) in [5, 5.41) is 97.4. The summed E-state index contributed by atoms with van der Waals surface area (Å²) < 4.78 is 340. The molecule has 52 nitrogen and oxygen atoms in total. The van der Waals surface area contributed by atoms with E-state index in [0.717, 1.165) is 4.72 Å². The molecule has 20 N–H and O–H groups in total. The summed E-state index contributed by atoms with van der Waals surface area (Å²) in [5.74, 6) is -5.10. The van der Waals surface area contributed by atoms with Crippen molar-refractivity contribution in [3.05, 3.63) is 0 Å². The van der Waals surface area contributed by atoms with Crippen LogP contribution in [0.4, 0.5) is 0 Å². The first-order chi connectivity index (χ1) is 40.7. The SMILES string of the molecule is O=C(O)[C@H]1O[C@@H](O[C@H]2[C@H](OS(=O)(=O)O)[C@@H](NS(=O)(=O)O)[C@@H](O[C@H]3[C@H](O)[C@@H](OS(=O)(=O)O)[C@H](O[C@H]4[C@H](O)[C@@H](NS(=O)(=O)O)[C@@H](O)O[C@@H]4CO)O[C@H]3C(=O)OS(=O)(=O)O)O[C@@H]2COS(=O)(=O)O)[C@H](O)[C@@H](O)[C@@H]1O[C@H]1O[C@H](COS(=O)(=O)O)[C@@H](O)[C@H](O)[C@H]1NS(=O)(=O)O. The van der Waals surface area contributed by atoms with Crippen LogP contribution < -0.4 is 14.2 Å². The first-order valence-electron chi connectivity index (χ1n) is 23.2. The van der Waals surface area contributed by atoms with E-state index in [1.165, 1.54) is 9.44 Å². The van der Waals surface area contributed by atoms with E-state index in [0.29, 0.717) is 0 Å². The molecule has 528 valence electrons. The van der Waals surface area contributed by atoms with Crippen molar-refractivity contribution in [3.63, 3.8) is 0 Å². The van der Waals surface area contributed by atoms with E-state index in [1.807, 2.05) is 0 Å². The number of carboxylic acid groups (broad SMARTS) is 1. The fourth-order valence-electron chi connectivity index (χ4n) is 8.80. The molecule has 0 aliphatic carbocycles. The maximum Gasteiger partial charge on any atom is 0.449 e. The third-order valence-electron chi connectivity index (χ3n) is 12.2. The number of nitrogens with one attached hydrogen (secondary N) is 3. The lowest BCUT2D eigenvalue weighted by Gasteiger charge is -2.50. The standard InChI is InChI=1S/C30H51N3O49S8/c34-1-4-16(12(37)7(25(43)71-4)31-83(45,46)47)74-30-21(81-89(63,64)65)15(40)20(23(79-30)26(44)82-90(66,67)68)77-28-9(33-85(51,52)53)18(80-88(60,61)62)17(6(73-28)3-70-87(57,58)59)75-29-14(39)13(38)19(22(78-29)24(41)42)76-27-8(32-84(48,49)50)11(36)10(35)5(72-27)2-69-86(54,55)56/h4-23,25,27-40,43H,1-3H2,(H,41,42)(H,45,46,47)(H,48,49,50)(H,51,52,53)(H,54,55,56)(H,57,58,59)(H,60,61,62)(H,63,64,65)(H,66,67,68)/t4-,5-,6-,7-,8-,9-,10-,11-,12-,13-,14-,15+,16-,17-,18-,19+,20+,21-,22+,23-,25+,27-,28-,29-,30-/m1/s1. The van der Waals surface area contributed by atoms with Crippen molar-refractivity contribution in [1.29, 1.82) is 0 Å². The van der Waals surface area contributed by atoms with Crippen molar-refractivity contribution in [2.45, 2.75) is 153 Å². The fraction of sp³-hybridized carbons (Fsp3) is 0.933. The quantitative estimate of drug-likeness (QED) is 0.0324. The van der Waals surface area contributed by atoms with Gasteiger partial charge in [0.15, 0.2) is 49.8 Å². The average molecular weight is 1490 g/mol. The summed E-state index contributed by atoms with van der Waals surface area (Å²) in [5.41, 5.74) is 0. The number of rotatable bonds is 28. The minimum absolute atomic E-state index is 1.06. The Morgan fingerprint density at radius 1 is 0.378 bits per heavy atom. The smallest absolute Gasteiger partial charge is 0.449 e. The molecular weight excluding hydrogens is 1440 g/mol. The Balaban J connectivity index is 1.63. The zero-order valence-electron chi connectivity index (χ0n) is 43.0. The largest absolute Gasteiger partial charge is 0.479 e. The molecule has 60 heteroatoms. The Morgan fingerprint density at radius 2 is 0.811 bits per heavy atom. The zero-order valence-corrected chi connectivity index (χ0v) is 49.5. The van der Waals surface area contributed by atoms with Gasteiger partial charge in [-0.15, -0.1) is 0 Å². The maximum atomic E-state index is 13.6. The highest BCUT2D eigenvalue weighted by Crippen LogP contribution is 2.39. The molecule has 0 aromatic heterocycles. The van der Waals surface area contributed by atoms with E-state index in [-0.39, 0.29) is 0 Å². The lowest BCUT2D eigenvalue weighted by Crippen LogP contribution is -2.71. The molecule has 5 rings (SSSR count). The Morgan fingerprint density at radius 3 is 1.29 bits per heavy atom. The van der Waals surface area contributed by atoms with Crippen LogP contribution in [-0.2, 0) is 156 Å². The zero-order chi connectivity index (χ0) is 68.7. The van der Waals surface area contributed by atoms with Gasteiger partial charge in [-0.2, -0.15) is 81.5 Å². The lowest BCUT2D eigenvalue weighted by atomic mass is 9.94. The van der Waals surface area contributed by atoms with Gasteiger partial charge >= 0.3 is 94.8 Å². The van der Waals surface area contributed by atoms with Crippen molar-refractivity contribution in [2.75, 3.05) is 19.8 Å². The number of aliphatic hydroxyl groups excluding tert-OH is 8.